The first kappa shape index (κ1) is 18.7. The van der Waals surface area contributed by atoms with Gasteiger partial charge in [0.1, 0.15) is 24.5 Å². The molecule has 1 aromatic carbocycles. The van der Waals surface area contributed by atoms with Crippen LogP contribution in [0, 0.1) is 5.41 Å². The number of nitrogens with zero attached hydrogens (tertiary/aromatic N) is 2. The molecule has 2 spiro atoms. The summed E-state index contributed by atoms with van der Waals surface area (Å²) < 4.78 is 17.2. The number of allylic oxidation sites excluding steroid dienone is 2. The molecule has 3 aliphatic heterocycles. The maximum atomic E-state index is 6.08. The highest BCUT2D eigenvalue weighted by Crippen LogP contribution is 2.56. The third kappa shape index (κ3) is 2.92. The minimum Gasteiger partial charge on any atom is -0.492 e. The SMILES string of the molecule is C=C/C(=C\N=CCCCC)c1ccc2c(c1)C1(COC(N)=N1)C1(COC1)CO2. The highest BCUT2D eigenvalue weighted by molar-refractivity contribution is 5.78. The predicted molar refractivity (Wildman–Crippen MR) is 111 cm³/mol. The summed E-state index contributed by atoms with van der Waals surface area (Å²) in [6.45, 7) is 8.25. The second kappa shape index (κ2) is 7.43. The summed E-state index contributed by atoms with van der Waals surface area (Å²) in [6, 6.07) is 6.35. The Balaban J connectivity index is 1.72. The number of fused-ring (bicyclic) bond motifs is 3. The van der Waals surface area contributed by atoms with Crippen molar-refractivity contribution in [2.75, 3.05) is 26.4 Å². The maximum absolute atomic E-state index is 6.08. The molecule has 0 aromatic heterocycles. The zero-order valence-electron chi connectivity index (χ0n) is 16.3. The topological polar surface area (TPSA) is 78.4 Å². The third-order valence-corrected chi connectivity index (χ3v) is 5.85. The quantitative estimate of drug-likeness (QED) is 0.465. The van der Waals surface area contributed by atoms with E-state index in [4.69, 9.17) is 24.9 Å². The predicted octanol–water partition coefficient (Wildman–Crippen LogP) is 3.42. The number of aliphatic imine (C=N–C) groups is 2. The maximum Gasteiger partial charge on any atom is 0.283 e. The van der Waals surface area contributed by atoms with Crippen molar-refractivity contribution in [3.63, 3.8) is 0 Å². The van der Waals surface area contributed by atoms with Crippen LogP contribution in [0.4, 0.5) is 0 Å². The van der Waals surface area contributed by atoms with Gasteiger partial charge in [-0.2, -0.15) is 0 Å². The van der Waals surface area contributed by atoms with E-state index in [1.165, 1.54) is 0 Å². The van der Waals surface area contributed by atoms with E-state index in [9.17, 15) is 0 Å². The van der Waals surface area contributed by atoms with Crippen LogP contribution in [-0.2, 0) is 15.0 Å². The summed E-state index contributed by atoms with van der Waals surface area (Å²) in [5, 5.41) is 0. The molecule has 1 fully saturated rings. The fourth-order valence-corrected chi connectivity index (χ4v) is 4.04. The van der Waals surface area contributed by atoms with Crippen LogP contribution in [0.15, 0.2) is 47.0 Å². The Morgan fingerprint density at radius 3 is 2.79 bits per heavy atom. The Bertz CT molecular complexity index is 855. The summed E-state index contributed by atoms with van der Waals surface area (Å²) >= 11 is 0. The van der Waals surface area contributed by atoms with E-state index in [1.54, 1.807) is 0 Å². The van der Waals surface area contributed by atoms with Crippen molar-refractivity contribution in [3.05, 3.63) is 48.2 Å². The van der Waals surface area contributed by atoms with Crippen LogP contribution in [-0.4, -0.2) is 38.7 Å². The van der Waals surface area contributed by atoms with Crippen molar-refractivity contribution in [2.45, 2.75) is 31.7 Å². The van der Waals surface area contributed by atoms with Gasteiger partial charge >= 0.3 is 0 Å². The monoisotopic (exact) mass is 381 g/mol. The number of nitrogens with two attached hydrogens (primary N) is 1. The summed E-state index contributed by atoms with van der Waals surface area (Å²) in [6.07, 6.45) is 8.90. The first-order valence-corrected chi connectivity index (χ1v) is 9.82. The molecular weight excluding hydrogens is 354 g/mol. The Kier molecular flexibility index (Phi) is 4.98. The van der Waals surface area contributed by atoms with Crippen molar-refractivity contribution >= 4 is 17.8 Å². The molecule has 4 rings (SSSR count). The van der Waals surface area contributed by atoms with Crippen LogP contribution < -0.4 is 10.5 Å². The normalized spacial score (nSPS) is 25.2. The van der Waals surface area contributed by atoms with Gasteiger partial charge in [-0.05, 0) is 36.1 Å². The number of rotatable bonds is 6. The number of benzene rings is 1. The first-order valence-electron chi connectivity index (χ1n) is 9.82. The summed E-state index contributed by atoms with van der Waals surface area (Å²) in [4.78, 5) is 9.20. The van der Waals surface area contributed by atoms with Gasteiger partial charge in [0.15, 0.2) is 0 Å². The van der Waals surface area contributed by atoms with Crippen molar-refractivity contribution in [1.82, 2.24) is 0 Å². The zero-order chi connectivity index (χ0) is 19.6. The van der Waals surface area contributed by atoms with E-state index in [1.807, 2.05) is 30.6 Å². The standard InChI is InChI=1S/C22H27N3O3/c1-3-5-6-9-24-11-16(4-2)17-7-8-19-18(10-17)22(15-28-20(23)25-22)21(14-27-19)12-26-13-21/h4,7-11H,2-3,5-6,12-15H2,1H3,(H2,23,25)/b16-11+,24-9?. The molecule has 0 saturated carbocycles. The summed E-state index contributed by atoms with van der Waals surface area (Å²) in [7, 11) is 0. The minimum atomic E-state index is -0.574. The van der Waals surface area contributed by atoms with Gasteiger partial charge in [0, 0.05) is 18.0 Å². The number of ether oxygens (including phenoxy) is 3. The second-order valence-electron chi connectivity index (χ2n) is 7.63. The van der Waals surface area contributed by atoms with Gasteiger partial charge in [0.2, 0.25) is 0 Å². The van der Waals surface area contributed by atoms with Crippen LogP contribution in [0.3, 0.4) is 0 Å². The van der Waals surface area contributed by atoms with E-state index in [0.29, 0.717) is 26.4 Å². The van der Waals surface area contributed by atoms with Crippen LogP contribution in [0.1, 0.15) is 37.3 Å². The Morgan fingerprint density at radius 2 is 2.14 bits per heavy atom. The second-order valence-corrected chi connectivity index (χ2v) is 7.63. The molecule has 1 atom stereocenters. The van der Waals surface area contributed by atoms with E-state index in [0.717, 1.165) is 41.7 Å². The Morgan fingerprint density at radius 1 is 1.29 bits per heavy atom. The molecule has 0 radical (unpaired) electrons. The van der Waals surface area contributed by atoms with Crippen LogP contribution in [0.25, 0.3) is 5.57 Å². The van der Waals surface area contributed by atoms with Gasteiger partial charge in [-0.3, -0.25) is 4.99 Å². The van der Waals surface area contributed by atoms with Gasteiger partial charge in [0.05, 0.1) is 18.6 Å². The highest BCUT2D eigenvalue weighted by Gasteiger charge is 2.63. The van der Waals surface area contributed by atoms with E-state index >= 15 is 0 Å². The number of hydrogen-bond acceptors (Lipinski definition) is 6. The molecule has 1 unspecified atom stereocenters. The van der Waals surface area contributed by atoms with Crippen LogP contribution in [0.2, 0.25) is 0 Å². The van der Waals surface area contributed by atoms with E-state index in [-0.39, 0.29) is 11.4 Å². The number of unbranched alkanes of at least 4 members (excludes halogenated alkanes) is 2. The Labute approximate surface area is 165 Å². The van der Waals surface area contributed by atoms with Crippen molar-refractivity contribution in [1.29, 1.82) is 0 Å². The zero-order valence-corrected chi connectivity index (χ0v) is 16.3. The van der Waals surface area contributed by atoms with Gasteiger partial charge in [0.25, 0.3) is 6.02 Å². The molecule has 6 heteroatoms. The lowest BCUT2D eigenvalue weighted by Crippen LogP contribution is -2.63. The van der Waals surface area contributed by atoms with Gasteiger partial charge in [-0.1, -0.05) is 32.1 Å². The molecule has 3 aliphatic rings. The molecule has 1 saturated heterocycles. The summed E-state index contributed by atoms with van der Waals surface area (Å²) in [5.41, 5.74) is 8.07. The molecular formula is C22H27N3O3. The summed E-state index contributed by atoms with van der Waals surface area (Å²) in [5.74, 6) is 0.818. The molecule has 3 heterocycles. The van der Waals surface area contributed by atoms with Gasteiger partial charge < -0.3 is 19.9 Å². The van der Waals surface area contributed by atoms with E-state index in [2.05, 4.69) is 24.6 Å². The van der Waals surface area contributed by atoms with Crippen molar-refractivity contribution in [2.24, 2.45) is 21.1 Å². The Hall–Kier alpha value is -2.60. The van der Waals surface area contributed by atoms with E-state index < -0.39 is 5.54 Å². The highest BCUT2D eigenvalue weighted by atomic mass is 16.5. The molecule has 148 valence electrons. The fourth-order valence-electron chi connectivity index (χ4n) is 4.04. The lowest BCUT2D eigenvalue weighted by atomic mass is 9.64. The molecule has 1 aromatic rings. The molecule has 0 bridgehead atoms. The van der Waals surface area contributed by atoms with Crippen LogP contribution in [0.5, 0.6) is 5.75 Å². The smallest absolute Gasteiger partial charge is 0.283 e. The van der Waals surface area contributed by atoms with Crippen molar-refractivity contribution in [3.8, 4) is 5.75 Å². The largest absolute Gasteiger partial charge is 0.492 e. The molecule has 6 nitrogen and oxygen atoms in total. The molecule has 28 heavy (non-hydrogen) atoms. The van der Waals surface area contributed by atoms with Crippen LogP contribution >= 0.6 is 0 Å². The lowest BCUT2D eigenvalue weighted by molar-refractivity contribution is -0.185. The first-order chi connectivity index (χ1) is 13.6. The molecule has 0 aliphatic carbocycles. The van der Waals surface area contributed by atoms with Crippen molar-refractivity contribution < 1.29 is 14.2 Å². The third-order valence-electron chi connectivity index (χ3n) is 5.85. The number of amidine groups is 1. The fraction of sp³-hybridized carbons (Fsp3) is 0.455. The van der Waals surface area contributed by atoms with Gasteiger partial charge in [-0.25, -0.2) is 4.99 Å². The number of hydrogen-bond donors (Lipinski definition) is 1. The minimum absolute atomic E-state index is 0.226. The molecule has 2 N–H and O–H groups in total. The average Bonchev–Trinajstić information content (AvgIpc) is 3.06. The average molecular weight is 381 g/mol. The molecule has 0 amide bonds. The lowest BCUT2D eigenvalue weighted by Gasteiger charge is -2.53. The van der Waals surface area contributed by atoms with Gasteiger partial charge in [-0.15, -0.1) is 0 Å².